The predicted octanol–water partition coefficient (Wildman–Crippen LogP) is 6.31. The summed E-state index contributed by atoms with van der Waals surface area (Å²) in [5.74, 6) is -2.66. The van der Waals surface area contributed by atoms with Gasteiger partial charge in [-0.3, -0.25) is 0 Å². The molecule has 0 aliphatic carbocycles. The van der Waals surface area contributed by atoms with Crippen LogP contribution in [0, 0.1) is 4.91 Å². The number of aliphatic hydroxyl groups is 7. The lowest BCUT2D eigenvalue weighted by Gasteiger charge is -2.11. The van der Waals surface area contributed by atoms with E-state index in [0.29, 0.717) is 88.2 Å². The van der Waals surface area contributed by atoms with E-state index in [-0.39, 0.29) is 75.1 Å². The fourth-order valence-corrected chi connectivity index (χ4v) is 8.71. The molecular formula is C48H61NO16S2. The van der Waals surface area contributed by atoms with Gasteiger partial charge in [0.15, 0.2) is 0 Å². The molecule has 4 rings (SSSR count). The molecule has 4 aromatic rings. The van der Waals surface area contributed by atoms with E-state index in [1.54, 1.807) is 24.3 Å². The number of nitrogens with zero attached hydrogens (tertiary/aromatic N) is 1. The van der Waals surface area contributed by atoms with Crippen molar-refractivity contribution in [2.75, 3.05) is 52.9 Å². The van der Waals surface area contributed by atoms with Crippen LogP contribution in [0.1, 0.15) is 118 Å². The molecule has 0 amide bonds. The quantitative estimate of drug-likeness (QED) is 0.0122. The summed E-state index contributed by atoms with van der Waals surface area (Å²) in [5.41, 5.74) is 1.58. The number of hydrogen-bond acceptors (Lipinski definition) is 19. The molecule has 4 atom stereocenters. The van der Waals surface area contributed by atoms with Gasteiger partial charge >= 0.3 is 23.9 Å². The van der Waals surface area contributed by atoms with Gasteiger partial charge in [-0.15, -0.1) is 22.7 Å². The molecule has 2 aromatic carbocycles. The first-order valence-electron chi connectivity index (χ1n) is 22.4. The monoisotopic (exact) mass is 971 g/mol. The van der Waals surface area contributed by atoms with E-state index in [0.717, 1.165) is 19.5 Å². The summed E-state index contributed by atoms with van der Waals surface area (Å²) in [7, 11) is 0. The summed E-state index contributed by atoms with van der Waals surface area (Å²) in [6.45, 7) is -1.24. The molecule has 0 spiro atoms. The van der Waals surface area contributed by atoms with E-state index < -0.39 is 48.2 Å². The number of ether oxygens (including phenoxy) is 4. The third kappa shape index (κ3) is 18.6. The van der Waals surface area contributed by atoms with Gasteiger partial charge in [0.2, 0.25) is 0 Å². The smallest absolute Gasteiger partial charge is 0.338 e. The summed E-state index contributed by atoms with van der Waals surface area (Å²) in [6, 6.07) is 16.0. The first-order valence-corrected chi connectivity index (χ1v) is 24.0. The third-order valence-electron chi connectivity index (χ3n) is 10.5. The number of carbonyl (C=O) groups excluding carboxylic acids is 4. The van der Waals surface area contributed by atoms with Crippen LogP contribution in [0.25, 0.3) is 30.6 Å². The maximum Gasteiger partial charge on any atom is 0.338 e. The fourth-order valence-electron chi connectivity index (χ4n) is 6.63. The van der Waals surface area contributed by atoms with Crippen LogP contribution in [0.3, 0.4) is 0 Å². The molecule has 0 fully saturated rings. The second-order valence-corrected chi connectivity index (χ2v) is 18.1. The molecule has 19 heteroatoms. The normalized spacial score (nSPS) is 13.1. The number of aliphatic hydroxyl groups excluding tert-OH is 7. The highest BCUT2D eigenvalue weighted by Crippen LogP contribution is 2.41. The van der Waals surface area contributed by atoms with Crippen LogP contribution in [0.5, 0.6) is 0 Å². The highest BCUT2D eigenvalue weighted by atomic mass is 32.1. The Morgan fingerprint density at radius 2 is 0.731 bits per heavy atom. The number of esters is 4. The Balaban J connectivity index is 1.56. The van der Waals surface area contributed by atoms with Crippen molar-refractivity contribution in [2.45, 2.75) is 101 Å². The van der Waals surface area contributed by atoms with Crippen molar-refractivity contribution in [3.8, 4) is 30.6 Å². The van der Waals surface area contributed by atoms with Crippen LogP contribution in [0.2, 0.25) is 0 Å². The lowest BCUT2D eigenvalue weighted by atomic mass is 10.0. The van der Waals surface area contributed by atoms with Gasteiger partial charge < -0.3 is 54.7 Å². The minimum absolute atomic E-state index is 0.0337. The van der Waals surface area contributed by atoms with E-state index in [4.69, 9.17) is 34.3 Å². The van der Waals surface area contributed by atoms with E-state index in [2.05, 4.69) is 5.18 Å². The first kappa shape index (κ1) is 54.6. The SMILES string of the molecule is O=NC(CO)CCCCOC(=O)c1cc(C(=O)OCCCCC(O)CO)cc(-c2ccc(-c3ccc(-c4cc(C(=O)OCCCCC(O)CO)cc(C(=O)OCCCCC(O)CO)c4)s3)s2)c1. The van der Waals surface area contributed by atoms with E-state index in [1.165, 1.54) is 34.8 Å². The van der Waals surface area contributed by atoms with Crippen LogP contribution < -0.4 is 0 Å². The second-order valence-electron chi connectivity index (χ2n) is 15.9. The zero-order valence-electron chi connectivity index (χ0n) is 37.3. The van der Waals surface area contributed by atoms with Gasteiger partial charge in [-0.1, -0.05) is 5.18 Å². The molecule has 67 heavy (non-hydrogen) atoms. The van der Waals surface area contributed by atoms with Crippen molar-refractivity contribution in [3.05, 3.63) is 87.8 Å². The summed E-state index contributed by atoms with van der Waals surface area (Å²) in [4.78, 5) is 67.1. The lowest BCUT2D eigenvalue weighted by molar-refractivity contribution is 0.0466. The van der Waals surface area contributed by atoms with Gasteiger partial charge in [0, 0.05) is 19.5 Å². The van der Waals surface area contributed by atoms with Crippen molar-refractivity contribution in [1.29, 1.82) is 0 Å². The minimum atomic E-state index is -0.856. The summed E-state index contributed by atoms with van der Waals surface area (Å²) >= 11 is 2.80. The largest absolute Gasteiger partial charge is 0.462 e. The zero-order chi connectivity index (χ0) is 48.6. The number of unbranched alkanes of at least 4 members (excludes halogenated alkanes) is 4. The maximum absolute atomic E-state index is 13.3. The van der Waals surface area contributed by atoms with Gasteiger partial charge in [-0.05, 0) is 149 Å². The van der Waals surface area contributed by atoms with Gasteiger partial charge in [-0.25, -0.2) is 19.2 Å². The minimum Gasteiger partial charge on any atom is -0.462 e. The zero-order valence-corrected chi connectivity index (χ0v) is 38.9. The Bertz CT molecular complexity index is 2120. The lowest BCUT2D eigenvalue weighted by Crippen LogP contribution is -2.13. The molecule has 7 N–H and O–H groups in total. The van der Waals surface area contributed by atoms with Gasteiger partial charge in [0.1, 0.15) is 6.04 Å². The fraction of sp³-hybridized carbons (Fsp3) is 0.500. The van der Waals surface area contributed by atoms with E-state index in [1.807, 2.05) is 24.3 Å². The molecule has 17 nitrogen and oxygen atoms in total. The molecule has 2 aromatic heterocycles. The Morgan fingerprint density at radius 3 is 1.01 bits per heavy atom. The number of nitroso groups, excluding NO2 is 1. The highest BCUT2D eigenvalue weighted by Gasteiger charge is 2.20. The van der Waals surface area contributed by atoms with E-state index in [9.17, 15) is 44.5 Å². The number of hydrogen-bond donors (Lipinski definition) is 7. The number of benzene rings is 2. The van der Waals surface area contributed by atoms with E-state index >= 15 is 0 Å². The maximum atomic E-state index is 13.3. The summed E-state index contributed by atoms with van der Waals surface area (Å²) in [6.07, 6.45) is 2.65. The third-order valence-corrected chi connectivity index (χ3v) is 12.9. The van der Waals surface area contributed by atoms with Crippen LogP contribution in [-0.2, 0) is 18.9 Å². The average molecular weight is 972 g/mol. The van der Waals surface area contributed by atoms with Crippen molar-refractivity contribution in [2.24, 2.45) is 5.18 Å². The van der Waals surface area contributed by atoms with Crippen molar-refractivity contribution in [3.63, 3.8) is 0 Å². The topological polar surface area (TPSA) is 276 Å². The van der Waals surface area contributed by atoms with Crippen molar-refractivity contribution in [1.82, 2.24) is 0 Å². The molecule has 0 aliphatic heterocycles. The average Bonchev–Trinajstić information content (AvgIpc) is 4.05. The van der Waals surface area contributed by atoms with Crippen LogP contribution in [0.4, 0.5) is 0 Å². The standard InChI is InChI=1S/C48H61NO16S2/c50-27-37(49-61)9-1-5-17-62-45(57)33-21-31(22-34(25-33)46(58)63-18-6-2-10-38(54)28-51)41-13-15-43(66-41)44-16-14-42(67-44)32-23-35(47(59)64-19-7-3-11-39(55)29-52)26-36(24-32)48(60)65-20-8-4-12-40(56)30-53/h13-16,21-26,37-40,50-56H,1-12,17-20,27-30H2. The van der Waals surface area contributed by atoms with Crippen molar-refractivity contribution >= 4 is 46.6 Å². The molecular weight excluding hydrogens is 911 g/mol. The number of carbonyl (C=O) groups is 4. The van der Waals surface area contributed by atoms with Gasteiger partial charge in [0.05, 0.1) is 93.4 Å². The summed E-state index contributed by atoms with van der Waals surface area (Å²) < 4.78 is 22.0. The Hall–Kier alpha value is -4.96. The second kappa shape index (κ2) is 29.7. The van der Waals surface area contributed by atoms with Crippen LogP contribution in [0.15, 0.2) is 65.8 Å². The van der Waals surface area contributed by atoms with Gasteiger partial charge in [-0.2, -0.15) is 4.91 Å². The van der Waals surface area contributed by atoms with Crippen molar-refractivity contribution < 1.29 is 73.9 Å². The molecule has 366 valence electrons. The number of rotatable bonds is 32. The Labute approximate surface area is 396 Å². The Kier molecular flexibility index (Phi) is 24.2. The molecule has 4 unspecified atom stereocenters. The van der Waals surface area contributed by atoms with Crippen LogP contribution in [-0.4, -0.2) is 137 Å². The summed E-state index contributed by atoms with van der Waals surface area (Å²) in [5, 5.41) is 68.1. The molecule has 0 saturated carbocycles. The molecule has 0 saturated heterocycles. The molecule has 0 bridgehead atoms. The van der Waals surface area contributed by atoms with Gasteiger partial charge in [0.25, 0.3) is 0 Å². The highest BCUT2D eigenvalue weighted by molar-refractivity contribution is 7.25. The first-order chi connectivity index (χ1) is 32.4. The molecule has 0 radical (unpaired) electrons. The Morgan fingerprint density at radius 1 is 0.433 bits per heavy atom. The molecule has 2 heterocycles. The predicted molar refractivity (Wildman–Crippen MR) is 251 cm³/mol. The van der Waals surface area contributed by atoms with Crippen LogP contribution >= 0.6 is 22.7 Å². The number of thiophene rings is 2. The molecule has 0 aliphatic rings.